The lowest BCUT2D eigenvalue weighted by atomic mass is 10.2. The van der Waals surface area contributed by atoms with E-state index >= 15 is 0 Å². The smallest absolute Gasteiger partial charge is 0.322 e. The molecule has 112 valence electrons. The van der Waals surface area contributed by atoms with Gasteiger partial charge in [0.2, 0.25) is 0 Å². The number of benzene rings is 1. The molecular formula is C16H20N2O3. The van der Waals surface area contributed by atoms with Gasteiger partial charge in [0.1, 0.15) is 5.76 Å². The zero-order chi connectivity index (χ0) is 15.0. The molecule has 1 N–H and O–H groups in total. The number of hydrogen-bond acceptors (Lipinski definition) is 3. The fourth-order valence-corrected chi connectivity index (χ4v) is 2.83. The number of para-hydroxylation sites is 1. The molecule has 1 aliphatic heterocycles. The number of ether oxygens (including phenoxy) is 1. The highest BCUT2D eigenvalue weighted by molar-refractivity contribution is 5.99. The standard InChI is InChI=1S/C16H20N2O3/c1-10-7-13-5-4-6-14(15(13)21-10)17-16(19)18-8-11(2)20-12(3)9-18/h4-7,11-12H,8-9H2,1-3H3,(H,17,19)/t11-,12+. The number of urea groups is 1. The van der Waals surface area contributed by atoms with Gasteiger partial charge in [0.15, 0.2) is 5.58 Å². The normalized spacial score (nSPS) is 22.5. The van der Waals surface area contributed by atoms with Crippen LogP contribution in [0.4, 0.5) is 10.5 Å². The second kappa shape index (κ2) is 5.41. The number of anilines is 1. The molecule has 0 spiro atoms. The number of morpholine rings is 1. The molecule has 2 atom stereocenters. The van der Waals surface area contributed by atoms with E-state index in [9.17, 15) is 4.79 Å². The number of rotatable bonds is 1. The van der Waals surface area contributed by atoms with E-state index in [0.717, 1.165) is 16.7 Å². The zero-order valence-electron chi connectivity index (χ0n) is 12.6. The molecule has 0 aliphatic carbocycles. The molecule has 5 nitrogen and oxygen atoms in total. The van der Waals surface area contributed by atoms with Crippen molar-refractivity contribution in [3.63, 3.8) is 0 Å². The van der Waals surface area contributed by atoms with Gasteiger partial charge >= 0.3 is 6.03 Å². The van der Waals surface area contributed by atoms with Crippen molar-refractivity contribution in [2.75, 3.05) is 18.4 Å². The van der Waals surface area contributed by atoms with Crippen LogP contribution in [0.1, 0.15) is 19.6 Å². The summed E-state index contributed by atoms with van der Waals surface area (Å²) < 4.78 is 11.3. The summed E-state index contributed by atoms with van der Waals surface area (Å²) in [5.74, 6) is 0.834. The van der Waals surface area contributed by atoms with Crippen LogP contribution in [0.2, 0.25) is 0 Å². The Kier molecular flexibility index (Phi) is 3.59. The number of hydrogen-bond donors (Lipinski definition) is 1. The molecule has 1 fully saturated rings. The minimum atomic E-state index is -0.112. The van der Waals surface area contributed by atoms with Gasteiger partial charge in [-0.1, -0.05) is 12.1 Å². The summed E-state index contributed by atoms with van der Waals surface area (Å²) in [7, 11) is 0. The molecule has 21 heavy (non-hydrogen) atoms. The Balaban J connectivity index is 1.80. The number of furan rings is 1. The van der Waals surface area contributed by atoms with Crippen LogP contribution >= 0.6 is 0 Å². The predicted octanol–water partition coefficient (Wildman–Crippen LogP) is 3.38. The largest absolute Gasteiger partial charge is 0.459 e. The molecule has 0 bridgehead atoms. The van der Waals surface area contributed by atoms with E-state index in [2.05, 4.69) is 5.32 Å². The lowest BCUT2D eigenvalue weighted by Gasteiger charge is -2.35. The Morgan fingerprint density at radius 2 is 2.00 bits per heavy atom. The van der Waals surface area contributed by atoms with Gasteiger partial charge in [0, 0.05) is 18.5 Å². The predicted molar refractivity (Wildman–Crippen MR) is 81.6 cm³/mol. The van der Waals surface area contributed by atoms with Crippen molar-refractivity contribution in [2.24, 2.45) is 0 Å². The summed E-state index contributed by atoms with van der Waals surface area (Å²) in [6, 6.07) is 7.59. The van der Waals surface area contributed by atoms with E-state index in [4.69, 9.17) is 9.15 Å². The summed E-state index contributed by atoms with van der Waals surface area (Å²) in [5.41, 5.74) is 1.43. The van der Waals surface area contributed by atoms with Gasteiger partial charge in [-0.2, -0.15) is 0 Å². The highest BCUT2D eigenvalue weighted by atomic mass is 16.5. The SMILES string of the molecule is Cc1cc2cccc(NC(=O)N3C[C@@H](C)O[C@@H](C)C3)c2o1. The molecule has 1 aromatic carbocycles. The second-order valence-electron chi connectivity index (χ2n) is 5.67. The van der Waals surface area contributed by atoms with Crippen molar-refractivity contribution in [1.29, 1.82) is 0 Å². The first-order chi connectivity index (χ1) is 10.0. The molecule has 0 unspecified atom stereocenters. The van der Waals surface area contributed by atoms with Crippen LogP contribution in [-0.4, -0.2) is 36.2 Å². The summed E-state index contributed by atoms with van der Waals surface area (Å²) in [5, 5.41) is 3.94. The number of nitrogens with one attached hydrogen (secondary N) is 1. The lowest BCUT2D eigenvalue weighted by Crippen LogP contribution is -2.49. The van der Waals surface area contributed by atoms with Gasteiger partial charge in [-0.3, -0.25) is 0 Å². The maximum Gasteiger partial charge on any atom is 0.322 e. The summed E-state index contributed by atoms with van der Waals surface area (Å²) in [6.07, 6.45) is 0.113. The van der Waals surface area contributed by atoms with Crippen LogP contribution in [0.15, 0.2) is 28.7 Å². The number of aryl methyl sites for hydroxylation is 1. The van der Waals surface area contributed by atoms with Crippen molar-refractivity contribution >= 4 is 22.7 Å². The number of nitrogens with zero attached hydrogens (tertiary/aromatic N) is 1. The van der Waals surface area contributed by atoms with Gasteiger partial charge in [-0.25, -0.2) is 4.79 Å². The number of amides is 2. The molecule has 0 saturated carbocycles. The monoisotopic (exact) mass is 288 g/mol. The van der Waals surface area contributed by atoms with Gasteiger partial charge in [0.05, 0.1) is 17.9 Å². The highest BCUT2D eigenvalue weighted by Gasteiger charge is 2.26. The average Bonchev–Trinajstić information content (AvgIpc) is 2.79. The van der Waals surface area contributed by atoms with Crippen molar-refractivity contribution in [2.45, 2.75) is 33.0 Å². The second-order valence-corrected chi connectivity index (χ2v) is 5.67. The highest BCUT2D eigenvalue weighted by Crippen LogP contribution is 2.27. The van der Waals surface area contributed by atoms with Crippen molar-refractivity contribution in [1.82, 2.24) is 4.90 Å². The van der Waals surface area contributed by atoms with E-state index < -0.39 is 0 Å². The van der Waals surface area contributed by atoms with E-state index in [1.165, 1.54) is 0 Å². The minimum Gasteiger partial charge on any atom is -0.459 e. The Labute approximate surface area is 123 Å². The Morgan fingerprint density at radius 1 is 1.29 bits per heavy atom. The summed E-state index contributed by atoms with van der Waals surface area (Å²) in [6.45, 7) is 7.06. The maximum absolute atomic E-state index is 12.4. The van der Waals surface area contributed by atoms with Crippen molar-refractivity contribution < 1.29 is 13.9 Å². The zero-order valence-corrected chi connectivity index (χ0v) is 12.6. The molecule has 5 heteroatoms. The van der Waals surface area contributed by atoms with Crippen LogP contribution in [0.25, 0.3) is 11.0 Å². The number of carbonyl (C=O) groups excluding carboxylic acids is 1. The average molecular weight is 288 g/mol. The Hall–Kier alpha value is -2.01. The van der Waals surface area contributed by atoms with Crippen molar-refractivity contribution in [3.8, 4) is 0 Å². The van der Waals surface area contributed by atoms with Crippen LogP contribution in [0, 0.1) is 6.92 Å². The molecule has 1 aliphatic rings. The molecule has 1 saturated heterocycles. The molecule has 1 aromatic heterocycles. The van der Waals surface area contributed by atoms with Crippen LogP contribution in [0.3, 0.4) is 0 Å². The first-order valence-corrected chi connectivity index (χ1v) is 7.23. The van der Waals surface area contributed by atoms with E-state index in [-0.39, 0.29) is 18.2 Å². The van der Waals surface area contributed by atoms with Crippen LogP contribution < -0.4 is 5.32 Å². The lowest BCUT2D eigenvalue weighted by molar-refractivity contribution is -0.0530. The van der Waals surface area contributed by atoms with Crippen molar-refractivity contribution in [3.05, 3.63) is 30.0 Å². The molecule has 3 rings (SSSR count). The molecule has 2 heterocycles. The number of carbonyl (C=O) groups is 1. The fraction of sp³-hybridized carbons (Fsp3) is 0.438. The number of fused-ring (bicyclic) bond motifs is 1. The van der Waals surface area contributed by atoms with Crippen LogP contribution in [-0.2, 0) is 4.74 Å². The third kappa shape index (κ3) is 2.88. The van der Waals surface area contributed by atoms with Gasteiger partial charge < -0.3 is 19.4 Å². The third-order valence-corrected chi connectivity index (χ3v) is 3.62. The Bertz CT molecular complexity index is 655. The van der Waals surface area contributed by atoms with E-state index in [1.54, 1.807) is 4.90 Å². The van der Waals surface area contributed by atoms with Gasteiger partial charge in [-0.05, 0) is 32.9 Å². The third-order valence-electron chi connectivity index (χ3n) is 3.62. The minimum absolute atomic E-state index is 0.0566. The van der Waals surface area contributed by atoms with Gasteiger partial charge in [0.25, 0.3) is 0 Å². The van der Waals surface area contributed by atoms with Crippen LogP contribution in [0.5, 0.6) is 0 Å². The first-order valence-electron chi connectivity index (χ1n) is 7.23. The quantitative estimate of drug-likeness (QED) is 0.875. The summed E-state index contributed by atoms with van der Waals surface area (Å²) in [4.78, 5) is 14.2. The Morgan fingerprint density at radius 3 is 2.71 bits per heavy atom. The molecular weight excluding hydrogens is 268 g/mol. The van der Waals surface area contributed by atoms with Gasteiger partial charge in [-0.15, -0.1) is 0 Å². The fourth-order valence-electron chi connectivity index (χ4n) is 2.83. The maximum atomic E-state index is 12.4. The van der Waals surface area contributed by atoms with E-state index in [1.807, 2.05) is 45.0 Å². The molecule has 2 aromatic rings. The topological polar surface area (TPSA) is 54.7 Å². The molecule has 0 radical (unpaired) electrons. The first kappa shape index (κ1) is 13.9. The molecule has 2 amide bonds. The van der Waals surface area contributed by atoms with E-state index in [0.29, 0.717) is 18.8 Å². The summed E-state index contributed by atoms with van der Waals surface area (Å²) >= 11 is 0.